The van der Waals surface area contributed by atoms with Crippen molar-refractivity contribution in [2.24, 2.45) is 0 Å². The highest BCUT2D eigenvalue weighted by Crippen LogP contribution is 2.34. The Morgan fingerprint density at radius 2 is 1.79 bits per heavy atom. The van der Waals surface area contributed by atoms with E-state index in [9.17, 15) is 9.59 Å². The van der Waals surface area contributed by atoms with E-state index in [0.29, 0.717) is 12.0 Å². The molecule has 4 nitrogen and oxygen atoms in total. The van der Waals surface area contributed by atoms with E-state index in [2.05, 4.69) is 5.43 Å². The van der Waals surface area contributed by atoms with Crippen molar-refractivity contribution in [2.75, 3.05) is 0 Å². The Hall–Kier alpha value is -2.62. The van der Waals surface area contributed by atoms with Gasteiger partial charge >= 0.3 is 0 Å². The molecule has 0 radical (unpaired) electrons. The summed E-state index contributed by atoms with van der Waals surface area (Å²) in [4.78, 5) is 24.9. The van der Waals surface area contributed by atoms with Gasteiger partial charge in [0.15, 0.2) is 0 Å². The minimum atomic E-state index is -0.240. The monoisotopic (exact) mass is 322 g/mol. The minimum absolute atomic E-state index is 0.0192. The van der Waals surface area contributed by atoms with Crippen LogP contribution in [0.2, 0.25) is 0 Å². The summed E-state index contributed by atoms with van der Waals surface area (Å²) in [6.07, 6.45) is 1.22. The fraction of sp³-hybridized carbons (Fsp3) is 0.300. The third-order valence-electron chi connectivity index (χ3n) is 4.64. The largest absolute Gasteiger partial charge is 0.273 e. The molecule has 3 rings (SSSR count). The van der Waals surface area contributed by atoms with E-state index in [4.69, 9.17) is 0 Å². The van der Waals surface area contributed by atoms with Gasteiger partial charge in [0.1, 0.15) is 0 Å². The number of aryl methyl sites for hydroxylation is 1. The van der Waals surface area contributed by atoms with Crippen LogP contribution in [0.5, 0.6) is 0 Å². The zero-order chi connectivity index (χ0) is 17.1. The van der Waals surface area contributed by atoms with Crippen molar-refractivity contribution < 1.29 is 9.59 Å². The molecule has 0 aliphatic carbocycles. The minimum Gasteiger partial charge on any atom is -0.273 e. The highest BCUT2D eigenvalue weighted by atomic mass is 16.2. The number of hydrogen-bond donors (Lipinski definition) is 1. The van der Waals surface area contributed by atoms with E-state index >= 15 is 0 Å². The van der Waals surface area contributed by atoms with Gasteiger partial charge in [-0.05, 0) is 31.0 Å². The van der Waals surface area contributed by atoms with E-state index in [-0.39, 0.29) is 23.8 Å². The van der Waals surface area contributed by atoms with Gasteiger partial charge in [0.05, 0.1) is 6.04 Å². The molecule has 124 valence electrons. The number of carbonyl (C=O) groups is 2. The van der Waals surface area contributed by atoms with Gasteiger partial charge in [0.25, 0.3) is 5.91 Å². The van der Waals surface area contributed by atoms with Crippen LogP contribution in [0.15, 0.2) is 54.6 Å². The SMILES string of the molecule is CC[C@H]1[C@H](c2ccccc2)CC(=O)N1NC(=O)c1ccc(C)cc1. The Balaban J connectivity index is 1.78. The third kappa shape index (κ3) is 3.18. The molecule has 2 aromatic rings. The molecule has 0 bridgehead atoms. The zero-order valence-corrected chi connectivity index (χ0v) is 14.0. The first-order valence-corrected chi connectivity index (χ1v) is 8.34. The summed E-state index contributed by atoms with van der Waals surface area (Å²) >= 11 is 0. The molecular formula is C20H22N2O2. The molecule has 1 aliphatic heterocycles. The molecule has 1 aliphatic rings. The molecule has 1 saturated heterocycles. The van der Waals surface area contributed by atoms with Crippen molar-refractivity contribution in [3.05, 3.63) is 71.3 Å². The summed E-state index contributed by atoms with van der Waals surface area (Å²) in [5.74, 6) is -0.159. The van der Waals surface area contributed by atoms with Gasteiger partial charge in [-0.15, -0.1) is 0 Å². The number of benzene rings is 2. The number of carbonyl (C=O) groups excluding carboxylic acids is 2. The smallest absolute Gasteiger partial charge is 0.269 e. The maximum Gasteiger partial charge on any atom is 0.269 e. The van der Waals surface area contributed by atoms with Crippen LogP contribution in [-0.2, 0) is 4.79 Å². The van der Waals surface area contributed by atoms with Crippen LogP contribution < -0.4 is 5.43 Å². The lowest BCUT2D eigenvalue weighted by Gasteiger charge is -2.27. The lowest BCUT2D eigenvalue weighted by molar-refractivity contribution is -0.131. The quantitative estimate of drug-likeness (QED) is 0.937. The molecule has 1 fully saturated rings. The Labute approximate surface area is 142 Å². The summed E-state index contributed by atoms with van der Waals surface area (Å²) in [5, 5.41) is 1.53. The van der Waals surface area contributed by atoms with Crippen molar-refractivity contribution in [2.45, 2.75) is 38.6 Å². The number of rotatable bonds is 4. The molecule has 2 aromatic carbocycles. The highest BCUT2D eigenvalue weighted by Gasteiger charge is 2.40. The number of hydrogen-bond acceptors (Lipinski definition) is 2. The summed E-state index contributed by atoms with van der Waals surface area (Å²) in [6.45, 7) is 4.02. The molecule has 1 N–H and O–H groups in total. The van der Waals surface area contributed by atoms with Crippen molar-refractivity contribution >= 4 is 11.8 Å². The van der Waals surface area contributed by atoms with Gasteiger partial charge in [0, 0.05) is 17.9 Å². The number of nitrogens with one attached hydrogen (secondary N) is 1. The van der Waals surface area contributed by atoms with Gasteiger partial charge in [-0.2, -0.15) is 0 Å². The van der Waals surface area contributed by atoms with Crippen molar-refractivity contribution in [3.63, 3.8) is 0 Å². The molecular weight excluding hydrogens is 300 g/mol. The Morgan fingerprint density at radius 1 is 1.12 bits per heavy atom. The van der Waals surface area contributed by atoms with Crippen LogP contribution in [0.4, 0.5) is 0 Å². The molecule has 0 aromatic heterocycles. The third-order valence-corrected chi connectivity index (χ3v) is 4.64. The average molecular weight is 322 g/mol. The lowest BCUT2D eigenvalue weighted by Crippen LogP contribution is -2.48. The maximum absolute atomic E-state index is 12.5. The number of amides is 2. The summed E-state index contributed by atoms with van der Waals surface area (Å²) < 4.78 is 0. The van der Waals surface area contributed by atoms with E-state index in [0.717, 1.165) is 17.5 Å². The fourth-order valence-corrected chi connectivity index (χ4v) is 3.32. The Morgan fingerprint density at radius 3 is 2.42 bits per heavy atom. The molecule has 0 unspecified atom stereocenters. The van der Waals surface area contributed by atoms with Crippen LogP contribution in [0.25, 0.3) is 0 Å². The first kappa shape index (κ1) is 16.2. The summed E-state index contributed by atoms with van der Waals surface area (Å²) in [5.41, 5.74) is 5.61. The van der Waals surface area contributed by atoms with Crippen molar-refractivity contribution in [3.8, 4) is 0 Å². The van der Waals surface area contributed by atoms with Crippen molar-refractivity contribution in [1.29, 1.82) is 0 Å². The van der Waals surface area contributed by atoms with Crippen LogP contribution in [-0.4, -0.2) is 22.9 Å². The van der Waals surface area contributed by atoms with E-state index in [1.807, 2.05) is 56.3 Å². The lowest BCUT2D eigenvalue weighted by atomic mass is 9.90. The number of nitrogens with zero attached hydrogens (tertiary/aromatic N) is 1. The second kappa shape index (κ2) is 6.87. The van der Waals surface area contributed by atoms with Gasteiger partial charge in [-0.1, -0.05) is 55.0 Å². The first-order chi connectivity index (χ1) is 11.6. The molecule has 1 heterocycles. The van der Waals surface area contributed by atoms with Crippen LogP contribution in [0, 0.1) is 6.92 Å². The average Bonchev–Trinajstić information content (AvgIpc) is 2.92. The second-order valence-electron chi connectivity index (χ2n) is 6.27. The molecule has 0 spiro atoms. The predicted molar refractivity (Wildman–Crippen MR) is 93.4 cm³/mol. The van der Waals surface area contributed by atoms with Crippen LogP contribution in [0.1, 0.15) is 47.2 Å². The van der Waals surface area contributed by atoms with Crippen LogP contribution >= 0.6 is 0 Å². The summed E-state index contributed by atoms with van der Waals surface area (Å²) in [6, 6.07) is 17.4. The first-order valence-electron chi connectivity index (χ1n) is 8.34. The van der Waals surface area contributed by atoms with E-state index in [1.54, 1.807) is 12.1 Å². The Bertz CT molecular complexity index is 725. The number of hydrazine groups is 1. The topological polar surface area (TPSA) is 49.4 Å². The molecule has 0 saturated carbocycles. The Kier molecular flexibility index (Phi) is 4.65. The van der Waals surface area contributed by atoms with Crippen LogP contribution in [0.3, 0.4) is 0 Å². The van der Waals surface area contributed by atoms with Gasteiger partial charge in [-0.3, -0.25) is 20.0 Å². The molecule has 2 atom stereocenters. The zero-order valence-electron chi connectivity index (χ0n) is 14.0. The van der Waals surface area contributed by atoms with Gasteiger partial charge in [-0.25, -0.2) is 0 Å². The second-order valence-corrected chi connectivity index (χ2v) is 6.27. The van der Waals surface area contributed by atoms with Crippen molar-refractivity contribution in [1.82, 2.24) is 10.4 Å². The van der Waals surface area contributed by atoms with E-state index < -0.39 is 0 Å². The van der Waals surface area contributed by atoms with Gasteiger partial charge in [0.2, 0.25) is 5.91 Å². The predicted octanol–water partition coefficient (Wildman–Crippen LogP) is 3.43. The summed E-state index contributed by atoms with van der Waals surface area (Å²) in [7, 11) is 0. The highest BCUT2D eigenvalue weighted by molar-refractivity contribution is 5.95. The molecule has 2 amide bonds. The van der Waals surface area contributed by atoms with E-state index in [1.165, 1.54) is 5.01 Å². The standard InChI is InChI=1S/C20H22N2O2/c1-3-18-17(15-7-5-4-6-8-15)13-19(23)22(18)21-20(24)16-11-9-14(2)10-12-16/h4-12,17-18H,3,13H2,1-2H3,(H,21,24)/t17-,18-/m0/s1. The molecule has 4 heteroatoms. The maximum atomic E-state index is 12.5. The fourth-order valence-electron chi connectivity index (χ4n) is 3.32. The normalized spacial score (nSPS) is 20.2. The van der Waals surface area contributed by atoms with Gasteiger partial charge < -0.3 is 0 Å². The molecule has 24 heavy (non-hydrogen) atoms.